The number of Topliss-reactive ketones (excluding diaryl/α,β-unsaturated/α-hetero) is 1. The van der Waals surface area contributed by atoms with Crippen molar-refractivity contribution in [2.24, 2.45) is 5.41 Å². The standard InChI is InChI=1S/C24H18Br3F6NO2/c25-15-8-14(9-16(26)10-15)18(24(31,32)33)4-2-13-1-3-17(19(27)7-13)20(35)11-22(5-6-22)21(36)34-12-23(28,29)30/h1-4,7-10,18H,5-6,11-12H2,(H,34,36)/b4-2+. The molecule has 1 N–H and O–H groups in total. The Balaban J connectivity index is 1.75. The largest absolute Gasteiger partial charge is 0.405 e. The lowest BCUT2D eigenvalue weighted by atomic mass is 9.93. The van der Waals surface area contributed by atoms with Crippen molar-refractivity contribution >= 4 is 65.6 Å². The zero-order valence-corrected chi connectivity index (χ0v) is 23.0. The highest BCUT2D eigenvalue weighted by molar-refractivity contribution is 9.11. The Morgan fingerprint density at radius 3 is 2.08 bits per heavy atom. The van der Waals surface area contributed by atoms with Crippen molar-refractivity contribution < 1.29 is 35.9 Å². The van der Waals surface area contributed by atoms with Crippen LogP contribution in [0.15, 0.2) is 55.9 Å². The van der Waals surface area contributed by atoms with E-state index in [1.54, 1.807) is 6.07 Å². The average Bonchev–Trinajstić information content (AvgIpc) is 3.50. The van der Waals surface area contributed by atoms with Crippen molar-refractivity contribution in [3.8, 4) is 0 Å². The van der Waals surface area contributed by atoms with Gasteiger partial charge in [0.2, 0.25) is 5.91 Å². The van der Waals surface area contributed by atoms with Crippen molar-refractivity contribution in [3.05, 3.63) is 72.6 Å². The third-order valence-electron chi connectivity index (χ3n) is 5.65. The topological polar surface area (TPSA) is 46.2 Å². The van der Waals surface area contributed by atoms with Crippen LogP contribution in [0, 0.1) is 5.41 Å². The van der Waals surface area contributed by atoms with E-state index in [0.717, 1.165) is 6.08 Å². The van der Waals surface area contributed by atoms with Crippen LogP contribution in [0.2, 0.25) is 0 Å². The molecular weight excluding hydrogens is 688 g/mol. The zero-order valence-electron chi connectivity index (χ0n) is 18.2. The lowest BCUT2D eigenvalue weighted by Gasteiger charge is -2.18. The fraction of sp³-hybridized carbons (Fsp3) is 0.333. The van der Waals surface area contributed by atoms with Crippen LogP contribution in [0.25, 0.3) is 6.08 Å². The van der Waals surface area contributed by atoms with Gasteiger partial charge < -0.3 is 5.32 Å². The van der Waals surface area contributed by atoms with Gasteiger partial charge in [-0.05, 0) is 54.3 Å². The van der Waals surface area contributed by atoms with E-state index in [-0.39, 0.29) is 17.5 Å². The molecule has 0 radical (unpaired) electrons. The number of hydrogen-bond acceptors (Lipinski definition) is 2. The van der Waals surface area contributed by atoms with Gasteiger partial charge in [-0.15, -0.1) is 0 Å². The quantitative estimate of drug-likeness (QED) is 0.222. The molecule has 1 saturated carbocycles. The van der Waals surface area contributed by atoms with E-state index in [2.05, 4.69) is 47.8 Å². The van der Waals surface area contributed by atoms with Crippen LogP contribution < -0.4 is 5.32 Å². The van der Waals surface area contributed by atoms with Crippen molar-refractivity contribution in [3.63, 3.8) is 0 Å². The number of halogens is 9. The number of rotatable bonds is 8. The molecule has 194 valence electrons. The number of hydrogen-bond donors (Lipinski definition) is 1. The highest BCUT2D eigenvalue weighted by Crippen LogP contribution is 2.50. The minimum atomic E-state index is -4.55. The molecule has 1 aliphatic carbocycles. The summed E-state index contributed by atoms with van der Waals surface area (Å²) in [6.45, 7) is -1.47. The molecule has 2 aromatic carbocycles. The van der Waals surface area contributed by atoms with Gasteiger partial charge in [-0.25, -0.2) is 0 Å². The van der Waals surface area contributed by atoms with Gasteiger partial charge in [-0.1, -0.05) is 66.0 Å². The van der Waals surface area contributed by atoms with Gasteiger partial charge in [0.05, 0.1) is 11.3 Å². The SMILES string of the molecule is O=C(CC1(C(=O)NCC(F)(F)F)CC1)c1ccc(/C=C/C(c2cc(Br)cc(Br)c2)C(F)(F)F)cc1Br. The average molecular weight is 706 g/mol. The molecule has 36 heavy (non-hydrogen) atoms. The third-order valence-corrected chi connectivity index (χ3v) is 7.23. The summed E-state index contributed by atoms with van der Waals surface area (Å²) in [5.41, 5.74) is -0.557. The highest BCUT2D eigenvalue weighted by atomic mass is 79.9. The van der Waals surface area contributed by atoms with Crippen LogP contribution >= 0.6 is 47.8 Å². The molecule has 1 atom stereocenters. The number of alkyl halides is 6. The van der Waals surface area contributed by atoms with E-state index in [9.17, 15) is 35.9 Å². The summed E-state index contributed by atoms with van der Waals surface area (Å²) in [6, 6.07) is 8.72. The van der Waals surface area contributed by atoms with E-state index in [0.29, 0.717) is 31.8 Å². The van der Waals surface area contributed by atoms with E-state index >= 15 is 0 Å². The van der Waals surface area contributed by atoms with Crippen molar-refractivity contribution in [2.75, 3.05) is 6.54 Å². The number of ketones is 1. The van der Waals surface area contributed by atoms with Gasteiger partial charge in [0.25, 0.3) is 0 Å². The Bertz CT molecular complexity index is 1170. The third kappa shape index (κ3) is 7.67. The molecule has 0 spiro atoms. The number of carbonyl (C=O) groups is 2. The first-order valence-electron chi connectivity index (χ1n) is 10.5. The molecule has 3 rings (SSSR count). The first-order valence-corrected chi connectivity index (χ1v) is 12.9. The molecule has 3 nitrogen and oxygen atoms in total. The predicted molar refractivity (Wildman–Crippen MR) is 133 cm³/mol. The van der Waals surface area contributed by atoms with Gasteiger partial charge >= 0.3 is 12.4 Å². The van der Waals surface area contributed by atoms with E-state index in [4.69, 9.17) is 0 Å². The van der Waals surface area contributed by atoms with Crippen LogP contribution in [-0.4, -0.2) is 30.6 Å². The number of amides is 1. The Hall–Kier alpha value is -1.66. The van der Waals surface area contributed by atoms with Crippen molar-refractivity contribution in [1.82, 2.24) is 5.32 Å². The summed E-state index contributed by atoms with van der Waals surface area (Å²) in [4.78, 5) is 25.0. The monoisotopic (exact) mass is 703 g/mol. The van der Waals surface area contributed by atoms with Gasteiger partial charge in [0.15, 0.2) is 5.78 Å². The lowest BCUT2D eigenvalue weighted by molar-refractivity contribution is -0.141. The van der Waals surface area contributed by atoms with E-state index < -0.39 is 41.9 Å². The second-order valence-corrected chi connectivity index (χ2v) is 11.2. The molecule has 2 aromatic rings. The number of carbonyl (C=O) groups excluding carboxylic acids is 2. The van der Waals surface area contributed by atoms with E-state index in [1.807, 2.05) is 5.32 Å². The molecule has 1 amide bonds. The smallest absolute Gasteiger partial charge is 0.346 e. The predicted octanol–water partition coefficient (Wildman–Crippen LogP) is 8.36. The summed E-state index contributed by atoms with van der Waals surface area (Å²) in [5.74, 6) is -3.15. The van der Waals surface area contributed by atoms with Gasteiger partial charge in [-0.3, -0.25) is 9.59 Å². The Labute approximate surface area is 228 Å². The summed E-state index contributed by atoms with van der Waals surface area (Å²) in [6.07, 6.45) is -6.47. The molecule has 0 aromatic heterocycles. The molecule has 12 heteroatoms. The molecule has 1 unspecified atom stereocenters. The Kier molecular flexibility index (Phi) is 8.82. The summed E-state index contributed by atoms with van der Waals surface area (Å²) < 4.78 is 79.7. The lowest BCUT2D eigenvalue weighted by Crippen LogP contribution is -2.39. The van der Waals surface area contributed by atoms with Crippen LogP contribution in [0.1, 0.15) is 46.7 Å². The Morgan fingerprint density at radius 2 is 1.58 bits per heavy atom. The van der Waals surface area contributed by atoms with Crippen molar-refractivity contribution in [2.45, 2.75) is 37.5 Å². The molecule has 1 aliphatic rings. The molecular formula is C24H18Br3F6NO2. The number of nitrogens with one attached hydrogen (secondary N) is 1. The first kappa shape index (κ1) is 28.9. The first-order chi connectivity index (χ1) is 16.6. The minimum absolute atomic E-state index is 0.0318. The highest BCUT2D eigenvalue weighted by Gasteiger charge is 2.51. The van der Waals surface area contributed by atoms with Crippen molar-refractivity contribution in [1.29, 1.82) is 0 Å². The van der Waals surface area contributed by atoms with Crippen LogP contribution in [0.4, 0.5) is 26.3 Å². The summed E-state index contributed by atoms with van der Waals surface area (Å²) >= 11 is 9.62. The zero-order chi connectivity index (χ0) is 26.9. The molecule has 1 fully saturated rings. The fourth-order valence-corrected chi connectivity index (χ4v) is 5.58. The van der Waals surface area contributed by atoms with Crippen LogP contribution in [0.3, 0.4) is 0 Å². The summed E-state index contributed by atoms with van der Waals surface area (Å²) in [5, 5.41) is 1.83. The molecule has 0 saturated heterocycles. The number of allylic oxidation sites excluding steroid dienone is 1. The molecule has 0 bridgehead atoms. The molecule has 0 aliphatic heterocycles. The maximum atomic E-state index is 13.7. The number of benzene rings is 2. The second-order valence-electron chi connectivity index (χ2n) is 8.50. The fourth-order valence-electron chi connectivity index (χ4n) is 3.64. The van der Waals surface area contributed by atoms with Crippen LogP contribution in [0.5, 0.6) is 0 Å². The van der Waals surface area contributed by atoms with Crippen LogP contribution in [-0.2, 0) is 4.79 Å². The normalized spacial score (nSPS) is 16.1. The van der Waals surface area contributed by atoms with Gasteiger partial charge in [0.1, 0.15) is 6.54 Å². The van der Waals surface area contributed by atoms with Gasteiger partial charge in [-0.2, -0.15) is 26.3 Å². The van der Waals surface area contributed by atoms with E-state index in [1.165, 1.54) is 36.4 Å². The maximum absolute atomic E-state index is 13.7. The molecule has 0 heterocycles. The Morgan fingerprint density at radius 1 is 0.972 bits per heavy atom. The minimum Gasteiger partial charge on any atom is -0.346 e. The maximum Gasteiger partial charge on any atom is 0.405 e. The summed E-state index contributed by atoms with van der Waals surface area (Å²) in [7, 11) is 0. The van der Waals surface area contributed by atoms with Gasteiger partial charge in [0, 0.05) is 25.4 Å². The second kappa shape index (κ2) is 11.0.